The first-order valence-corrected chi connectivity index (χ1v) is 4.94. The fraction of sp³-hybridized carbons (Fsp3) is 0. The summed E-state index contributed by atoms with van der Waals surface area (Å²) in [5.41, 5.74) is 3.05. The van der Waals surface area contributed by atoms with Crippen molar-refractivity contribution in [1.82, 2.24) is 4.98 Å². The molecule has 2 nitrogen and oxygen atoms in total. The van der Waals surface area contributed by atoms with E-state index < -0.39 is 0 Å². The van der Waals surface area contributed by atoms with Crippen LogP contribution >= 0.6 is 11.6 Å². The summed E-state index contributed by atoms with van der Waals surface area (Å²) in [7, 11) is 0. The maximum Gasteiger partial charge on any atom is 0.195 e. The molecule has 2 aromatic rings. The van der Waals surface area contributed by atoms with Crippen LogP contribution in [0.2, 0.25) is 5.02 Å². The van der Waals surface area contributed by atoms with Crippen LogP contribution in [0.3, 0.4) is 0 Å². The second-order valence-corrected chi connectivity index (χ2v) is 3.82. The van der Waals surface area contributed by atoms with Gasteiger partial charge in [-0.2, -0.15) is 0 Å². The van der Waals surface area contributed by atoms with Crippen LogP contribution in [0.1, 0.15) is 15.9 Å². The van der Waals surface area contributed by atoms with Crippen LogP contribution in [0.4, 0.5) is 0 Å². The average molecular weight is 216 g/mol. The second kappa shape index (κ2) is 2.91. The lowest BCUT2D eigenvalue weighted by Gasteiger charge is -1.99. The molecule has 72 valence electrons. The molecule has 0 saturated heterocycles. The number of fused-ring (bicyclic) bond motifs is 3. The Bertz CT molecular complexity index is 578. The zero-order chi connectivity index (χ0) is 10.4. The average Bonchev–Trinajstić information content (AvgIpc) is 2.55. The molecule has 1 aromatic carbocycles. The highest BCUT2D eigenvalue weighted by molar-refractivity contribution is 6.37. The van der Waals surface area contributed by atoms with Gasteiger partial charge in [-0.1, -0.05) is 23.7 Å². The van der Waals surface area contributed by atoms with E-state index in [9.17, 15) is 4.79 Å². The van der Waals surface area contributed by atoms with Crippen molar-refractivity contribution < 1.29 is 4.79 Å². The van der Waals surface area contributed by atoms with Gasteiger partial charge in [-0.15, -0.1) is 0 Å². The molecular weight excluding hydrogens is 210 g/mol. The van der Waals surface area contributed by atoms with Gasteiger partial charge in [0.15, 0.2) is 5.78 Å². The van der Waals surface area contributed by atoms with Gasteiger partial charge >= 0.3 is 0 Å². The fourth-order valence-electron chi connectivity index (χ4n) is 1.92. The zero-order valence-electron chi connectivity index (χ0n) is 7.70. The maximum atomic E-state index is 12.0. The van der Waals surface area contributed by atoms with Crippen molar-refractivity contribution in [3.8, 4) is 11.1 Å². The van der Waals surface area contributed by atoms with Gasteiger partial charge in [0, 0.05) is 29.1 Å². The van der Waals surface area contributed by atoms with Crippen molar-refractivity contribution in [2.45, 2.75) is 0 Å². The molecule has 0 aliphatic heterocycles. The molecule has 1 heterocycles. The van der Waals surface area contributed by atoms with Crippen molar-refractivity contribution in [2.75, 3.05) is 0 Å². The molecule has 0 bridgehead atoms. The molecule has 0 fully saturated rings. The number of carbonyl (C=O) groups excluding carboxylic acids is 1. The van der Waals surface area contributed by atoms with Gasteiger partial charge in [-0.3, -0.25) is 9.78 Å². The number of aromatic nitrogens is 1. The van der Waals surface area contributed by atoms with E-state index in [1.54, 1.807) is 24.5 Å². The minimum absolute atomic E-state index is 0.00648. The van der Waals surface area contributed by atoms with Crippen LogP contribution in [0.15, 0.2) is 36.7 Å². The summed E-state index contributed by atoms with van der Waals surface area (Å²) in [4.78, 5) is 16.0. The number of ketones is 1. The largest absolute Gasteiger partial charge is 0.289 e. The van der Waals surface area contributed by atoms with Crippen molar-refractivity contribution in [1.29, 1.82) is 0 Å². The number of benzene rings is 1. The summed E-state index contributed by atoms with van der Waals surface area (Å²) < 4.78 is 0. The number of carbonyl (C=O) groups is 1. The molecule has 0 atom stereocenters. The molecule has 1 aromatic heterocycles. The first kappa shape index (κ1) is 8.62. The molecule has 1 aliphatic carbocycles. The highest BCUT2D eigenvalue weighted by atomic mass is 35.5. The van der Waals surface area contributed by atoms with Crippen LogP contribution in [0, 0.1) is 0 Å². The molecule has 0 unspecified atom stereocenters. The first-order chi connectivity index (χ1) is 7.29. The third-order valence-electron chi connectivity index (χ3n) is 2.60. The molecule has 1 aliphatic rings. The molecule has 15 heavy (non-hydrogen) atoms. The van der Waals surface area contributed by atoms with E-state index in [2.05, 4.69) is 4.98 Å². The maximum absolute atomic E-state index is 12.0. The molecule has 0 amide bonds. The molecule has 0 radical (unpaired) electrons. The number of halogens is 1. The Kier molecular flexibility index (Phi) is 1.67. The molecule has 0 spiro atoms. The number of pyridine rings is 1. The van der Waals surface area contributed by atoms with E-state index in [1.165, 1.54) is 0 Å². The third kappa shape index (κ3) is 1.05. The van der Waals surface area contributed by atoms with Crippen LogP contribution in [0.5, 0.6) is 0 Å². The Balaban J connectivity index is 2.43. The summed E-state index contributed by atoms with van der Waals surface area (Å²) in [6.07, 6.45) is 3.33. The first-order valence-electron chi connectivity index (χ1n) is 4.56. The highest BCUT2D eigenvalue weighted by Gasteiger charge is 2.28. The monoisotopic (exact) mass is 215 g/mol. The SMILES string of the molecule is O=C1c2ccncc2-c2cccc(Cl)c21. The Morgan fingerprint density at radius 3 is 2.80 bits per heavy atom. The number of nitrogens with zero attached hydrogens (tertiary/aromatic N) is 1. The fourth-order valence-corrected chi connectivity index (χ4v) is 2.18. The topological polar surface area (TPSA) is 30.0 Å². The quantitative estimate of drug-likeness (QED) is 0.577. The van der Waals surface area contributed by atoms with Crippen molar-refractivity contribution in [3.05, 3.63) is 52.8 Å². The molecule has 3 heteroatoms. The normalized spacial score (nSPS) is 12.5. The summed E-state index contributed by atoms with van der Waals surface area (Å²) in [6, 6.07) is 7.20. The Hall–Kier alpha value is -1.67. The predicted molar refractivity (Wildman–Crippen MR) is 58.1 cm³/mol. The van der Waals surface area contributed by atoms with Crippen molar-refractivity contribution in [2.24, 2.45) is 0 Å². The van der Waals surface area contributed by atoms with Gasteiger partial charge in [0.05, 0.1) is 5.02 Å². The van der Waals surface area contributed by atoms with Crippen LogP contribution < -0.4 is 0 Å². The lowest BCUT2D eigenvalue weighted by atomic mass is 10.1. The number of hydrogen-bond donors (Lipinski definition) is 0. The van der Waals surface area contributed by atoms with E-state index >= 15 is 0 Å². The van der Waals surface area contributed by atoms with E-state index in [0.29, 0.717) is 16.1 Å². The Morgan fingerprint density at radius 1 is 1.07 bits per heavy atom. The van der Waals surface area contributed by atoms with Gasteiger partial charge < -0.3 is 0 Å². The Labute approximate surface area is 91.5 Å². The molecular formula is C12H6ClNO. The molecule has 0 N–H and O–H groups in total. The highest BCUT2D eigenvalue weighted by Crippen LogP contribution is 2.38. The predicted octanol–water partition coefficient (Wildman–Crippen LogP) is 2.95. The number of hydrogen-bond acceptors (Lipinski definition) is 2. The lowest BCUT2D eigenvalue weighted by molar-refractivity contribution is 0.104. The minimum Gasteiger partial charge on any atom is -0.289 e. The minimum atomic E-state index is -0.00648. The van der Waals surface area contributed by atoms with Gasteiger partial charge in [-0.05, 0) is 17.7 Å². The van der Waals surface area contributed by atoms with Gasteiger partial charge in [0.25, 0.3) is 0 Å². The zero-order valence-corrected chi connectivity index (χ0v) is 8.45. The van der Waals surface area contributed by atoms with Crippen LogP contribution in [-0.4, -0.2) is 10.8 Å². The molecule has 3 rings (SSSR count). The van der Waals surface area contributed by atoms with Crippen molar-refractivity contribution >= 4 is 17.4 Å². The van der Waals surface area contributed by atoms with E-state index in [4.69, 9.17) is 11.6 Å². The standard InChI is InChI=1S/C12H6ClNO/c13-10-3-1-2-7-9-6-14-5-4-8(9)12(15)11(7)10/h1-6H. The van der Waals surface area contributed by atoms with E-state index in [1.807, 2.05) is 12.1 Å². The van der Waals surface area contributed by atoms with E-state index in [0.717, 1.165) is 11.1 Å². The van der Waals surface area contributed by atoms with Gasteiger partial charge in [0.2, 0.25) is 0 Å². The summed E-state index contributed by atoms with van der Waals surface area (Å²) >= 11 is 6.01. The third-order valence-corrected chi connectivity index (χ3v) is 2.91. The summed E-state index contributed by atoms with van der Waals surface area (Å²) in [5, 5.41) is 0.508. The Morgan fingerprint density at radius 2 is 1.93 bits per heavy atom. The van der Waals surface area contributed by atoms with E-state index in [-0.39, 0.29) is 5.78 Å². The van der Waals surface area contributed by atoms with Crippen LogP contribution in [-0.2, 0) is 0 Å². The van der Waals surface area contributed by atoms with Crippen LogP contribution in [0.25, 0.3) is 11.1 Å². The summed E-state index contributed by atoms with van der Waals surface area (Å²) in [6.45, 7) is 0. The smallest absolute Gasteiger partial charge is 0.195 e. The second-order valence-electron chi connectivity index (χ2n) is 3.41. The molecule has 0 saturated carbocycles. The van der Waals surface area contributed by atoms with Gasteiger partial charge in [0.1, 0.15) is 0 Å². The van der Waals surface area contributed by atoms with Crippen molar-refractivity contribution in [3.63, 3.8) is 0 Å². The van der Waals surface area contributed by atoms with Gasteiger partial charge in [-0.25, -0.2) is 0 Å². The summed E-state index contributed by atoms with van der Waals surface area (Å²) in [5.74, 6) is -0.00648. The lowest BCUT2D eigenvalue weighted by Crippen LogP contribution is -1.95. The number of rotatable bonds is 0.